The molecule has 4 aromatic carbocycles. The van der Waals surface area contributed by atoms with Gasteiger partial charge in [0.05, 0.1) is 26.4 Å². The second kappa shape index (κ2) is 15.3. The predicted molar refractivity (Wildman–Crippen MR) is 157 cm³/mol. The van der Waals surface area contributed by atoms with E-state index in [9.17, 15) is 4.79 Å². The third-order valence-corrected chi connectivity index (χ3v) is 6.85. The first-order chi connectivity index (χ1) is 20.7. The van der Waals surface area contributed by atoms with Gasteiger partial charge in [0.15, 0.2) is 6.10 Å². The van der Waals surface area contributed by atoms with Crippen molar-refractivity contribution in [2.75, 3.05) is 6.61 Å². The molecular formula is C35H36O7. The van der Waals surface area contributed by atoms with E-state index in [4.69, 9.17) is 28.4 Å². The van der Waals surface area contributed by atoms with Crippen LogP contribution in [0.15, 0.2) is 121 Å². The molecule has 1 saturated heterocycles. The van der Waals surface area contributed by atoms with E-state index in [2.05, 4.69) is 0 Å². The molecule has 0 bridgehead atoms. The SMILES string of the molecule is CC(=O)OC1C(OCc2ccccc2)[C@H](OCc2ccccc2)C(COCc2ccccc2)O[C@@H]1Oc1ccccc1. The van der Waals surface area contributed by atoms with Gasteiger partial charge < -0.3 is 28.4 Å². The average Bonchev–Trinajstić information content (AvgIpc) is 3.02. The molecule has 0 radical (unpaired) electrons. The van der Waals surface area contributed by atoms with E-state index < -0.39 is 36.7 Å². The fourth-order valence-corrected chi connectivity index (χ4v) is 4.85. The first-order valence-electron chi connectivity index (χ1n) is 14.1. The van der Waals surface area contributed by atoms with E-state index in [1.54, 1.807) is 0 Å². The zero-order valence-corrected chi connectivity index (χ0v) is 23.6. The Labute approximate surface area is 246 Å². The van der Waals surface area contributed by atoms with Gasteiger partial charge in [-0.3, -0.25) is 4.79 Å². The molecular weight excluding hydrogens is 532 g/mol. The number of hydrogen-bond donors (Lipinski definition) is 0. The van der Waals surface area contributed by atoms with Crippen molar-refractivity contribution in [1.82, 2.24) is 0 Å². The van der Waals surface area contributed by atoms with Crippen LogP contribution in [0.2, 0.25) is 0 Å². The van der Waals surface area contributed by atoms with Crippen molar-refractivity contribution >= 4 is 5.97 Å². The quantitative estimate of drug-likeness (QED) is 0.180. The van der Waals surface area contributed by atoms with Crippen molar-refractivity contribution in [3.05, 3.63) is 138 Å². The lowest BCUT2D eigenvalue weighted by Gasteiger charge is -2.45. The van der Waals surface area contributed by atoms with Crippen molar-refractivity contribution in [3.63, 3.8) is 0 Å². The van der Waals surface area contributed by atoms with Crippen molar-refractivity contribution in [3.8, 4) is 5.75 Å². The van der Waals surface area contributed by atoms with Crippen LogP contribution >= 0.6 is 0 Å². The first-order valence-corrected chi connectivity index (χ1v) is 14.1. The molecule has 0 aliphatic carbocycles. The number of benzene rings is 4. The van der Waals surface area contributed by atoms with Gasteiger partial charge in [-0.05, 0) is 28.8 Å². The average molecular weight is 569 g/mol. The lowest BCUT2D eigenvalue weighted by molar-refractivity contribution is -0.302. The van der Waals surface area contributed by atoms with Crippen LogP contribution in [0.25, 0.3) is 0 Å². The van der Waals surface area contributed by atoms with Crippen LogP contribution < -0.4 is 4.74 Å². The number of carbonyl (C=O) groups is 1. The molecule has 42 heavy (non-hydrogen) atoms. The maximum atomic E-state index is 12.4. The van der Waals surface area contributed by atoms with Gasteiger partial charge in [0, 0.05) is 6.92 Å². The highest BCUT2D eigenvalue weighted by molar-refractivity contribution is 5.66. The Morgan fingerprint density at radius 3 is 1.62 bits per heavy atom. The van der Waals surface area contributed by atoms with Crippen LogP contribution in [-0.2, 0) is 48.3 Å². The Morgan fingerprint density at radius 1 is 0.619 bits per heavy atom. The molecule has 0 saturated carbocycles. The Balaban J connectivity index is 1.44. The molecule has 7 heteroatoms. The molecule has 7 nitrogen and oxygen atoms in total. The smallest absolute Gasteiger partial charge is 0.303 e. The fourth-order valence-electron chi connectivity index (χ4n) is 4.85. The molecule has 1 aliphatic heterocycles. The van der Waals surface area contributed by atoms with Gasteiger partial charge >= 0.3 is 5.97 Å². The van der Waals surface area contributed by atoms with Gasteiger partial charge in [-0.25, -0.2) is 0 Å². The highest BCUT2D eigenvalue weighted by atomic mass is 16.7. The molecule has 4 aromatic rings. The van der Waals surface area contributed by atoms with Gasteiger partial charge in [0.1, 0.15) is 24.1 Å². The third-order valence-electron chi connectivity index (χ3n) is 6.85. The van der Waals surface area contributed by atoms with Crippen LogP contribution in [0.5, 0.6) is 5.75 Å². The molecule has 1 aliphatic rings. The second-order valence-electron chi connectivity index (χ2n) is 10.1. The number of esters is 1. The van der Waals surface area contributed by atoms with Gasteiger partial charge in [-0.2, -0.15) is 0 Å². The van der Waals surface area contributed by atoms with Gasteiger partial charge in [-0.1, -0.05) is 109 Å². The lowest BCUT2D eigenvalue weighted by Crippen LogP contribution is -2.63. The van der Waals surface area contributed by atoms with Crippen molar-refractivity contribution in [2.24, 2.45) is 0 Å². The zero-order valence-electron chi connectivity index (χ0n) is 23.6. The minimum absolute atomic E-state index is 0.209. The molecule has 3 unspecified atom stereocenters. The largest absolute Gasteiger partial charge is 0.461 e. The minimum Gasteiger partial charge on any atom is -0.461 e. The monoisotopic (exact) mass is 568 g/mol. The van der Waals surface area contributed by atoms with Crippen molar-refractivity contribution < 1.29 is 33.2 Å². The van der Waals surface area contributed by atoms with Crippen molar-refractivity contribution in [2.45, 2.75) is 57.5 Å². The number of ether oxygens (including phenoxy) is 6. The maximum Gasteiger partial charge on any atom is 0.303 e. The normalized spacial score (nSPS) is 21.9. The number of para-hydroxylation sites is 1. The van der Waals surface area contributed by atoms with E-state index >= 15 is 0 Å². The summed E-state index contributed by atoms with van der Waals surface area (Å²) in [5.41, 5.74) is 3.02. The molecule has 0 spiro atoms. The van der Waals surface area contributed by atoms with Gasteiger partial charge in [0.25, 0.3) is 0 Å². The third kappa shape index (κ3) is 8.50. The molecule has 0 N–H and O–H groups in total. The zero-order chi connectivity index (χ0) is 29.0. The summed E-state index contributed by atoms with van der Waals surface area (Å²) in [6.45, 7) is 2.57. The Hall–Kier alpha value is -4.01. The second-order valence-corrected chi connectivity index (χ2v) is 10.1. The molecule has 0 aromatic heterocycles. The minimum atomic E-state index is -0.959. The Kier molecular flexibility index (Phi) is 10.7. The van der Waals surface area contributed by atoms with Crippen LogP contribution in [0.3, 0.4) is 0 Å². The maximum absolute atomic E-state index is 12.4. The summed E-state index contributed by atoms with van der Waals surface area (Å²) in [5, 5.41) is 0. The lowest BCUT2D eigenvalue weighted by atomic mass is 9.97. The molecule has 1 fully saturated rings. The fraction of sp³-hybridized carbons (Fsp3) is 0.286. The van der Waals surface area contributed by atoms with Crippen LogP contribution in [-0.4, -0.2) is 43.3 Å². The van der Waals surface area contributed by atoms with Gasteiger partial charge in [0.2, 0.25) is 6.29 Å². The van der Waals surface area contributed by atoms with E-state index in [0.717, 1.165) is 16.7 Å². The van der Waals surface area contributed by atoms with E-state index in [1.165, 1.54) is 6.92 Å². The molecule has 218 valence electrons. The first kappa shape index (κ1) is 29.5. The summed E-state index contributed by atoms with van der Waals surface area (Å²) in [5.74, 6) is 0.105. The summed E-state index contributed by atoms with van der Waals surface area (Å²) in [7, 11) is 0. The summed E-state index contributed by atoms with van der Waals surface area (Å²) < 4.78 is 37.8. The molecule has 0 amide bonds. The highest BCUT2D eigenvalue weighted by Crippen LogP contribution is 2.32. The Morgan fingerprint density at radius 2 is 1.10 bits per heavy atom. The van der Waals surface area contributed by atoms with Crippen molar-refractivity contribution in [1.29, 1.82) is 0 Å². The molecule has 5 rings (SSSR count). The van der Waals surface area contributed by atoms with Crippen LogP contribution in [0.4, 0.5) is 0 Å². The highest BCUT2D eigenvalue weighted by Gasteiger charge is 2.51. The predicted octanol–water partition coefficient (Wildman–Crippen LogP) is 6.11. The van der Waals surface area contributed by atoms with E-state index in [0.29, 0.717) is 19.0 Å². The van der Waals surface area contributed by atoms with E-state index in [-0.39, 0.29) is 13.2 Å². The van der Waals surface area contributed by atoms with E-state index in [1.807, 2.05) is 121 Å². The standard InChI is InChI=1S/C35H36O7/c1-26(36)40-34-33(39-24-29-18-10-4-11-19-29)32(38-23-28-16-8-3-9-17-28)31(25-37-22-27-14-6-2-7-15-27)42-35(34)41-30-20-12-5-13-21-30/h2-21,31-35H,22-25H2,1H3/t31?,32-,33?,34?,35+/m1/s1. The number of hydrogen-bond acceptors (Lipinski definition) is 7. The number of rotatable bonds is 13. The molecule has 5 atom stereocenters. The summed E-state index contributed by atoms with van der Waals surface area (Å²) in [6, 6.07) is 38.9. The Bertz CT molecular complexity index is 1340. The topological polar surface area (TPSA) is 72.5 Å². The summed E-state index contributed by atoms with van der Waals surface area (Å²) in [6.07, 6.45) is -3.80. The summed E-state index contributed by atoms with van der Waals surface area (Å²) in [4.78, 5) is 12.4. The summed E-state index contributed by atoms with van der Waals surface area (Å²) >= 11 is 0. The molecule has 1 heterocycles. The number of carbonyl (C=O) groups excluding carboxylic acids is 1. The van der Waals surface area contributed by atoms with Crippen LogP contribution in [0, 0.1) is 0 Å². The van der Waals surface area contributed by atoms with Crippen LogP contribution in [0.1, 0.15) is 23.6 Å². The van der Waals surface area contributed by atoms with Gasteiger partial charge in [-0.15, -0.1) is 0 Å².